The van der Waals surface area contributed by atoms with Crippen LogP contribution < -0.4 is 10.2 Å². The second-order valence-electron chi connectivity index (χ2n) is 5.88. The number of esters is 1. The molecule has 0 saturated heterocycles. The van der Waals surface area contributed by atoms with Crippen molar-refractivity contribution < 1.29 is 19.1 Å². The van der Waals surface area contributed by atoms with Crippen molar-refractivity contribution in [3.05, 3.63) is 59.1 Å². The largest absolute Gasteiger partial charge is 0.465 e. The summed E-state index contributed by atoms with van der Waals surface area (Å²) < 4.78 is 4.65. The number of anilines is 2. The van der Waals surface area contributed by atoms with Crippen molar-refractivity contribution in [2.24, 2.45) is 0 Å². The molecule has 0 aliphatic heterocycles. The molecule has 1 N–H and O–H groups in total. The maximum atomic E-state index is 12.2. The average molecular weight is 389 g/mol. The summed E-state index contributed by atoms with van der Waals surface area (Å²) in [6.07, 6.45) is 0.804. The van der Waals surface area contributed by atoms with Crippen LogP contribution in [0.2, 0.25) is 5.02 Å². The number of ether oxygens (including phenoxy) is 1. The van der Waals surface area contributed by atoms with Gasteiger partial charge in [-0.3, -0.25) is 9.59 Å². The van der Waals surface area contributed by atoms with Crippen LogP contribution in [0.5, 0.6) is 0 Å². The van der Waals surface area contributed by atoms with Crippen molar-refractivity contribution in [2.75, 3.05) is 24.4 Å². The molecule has 2 aromatic rings. The van der Waals surface area contributed by atoms with E-state index < -0.39 is 5.97 Å². The van der Waals surface area contributed by atoms with Gasteiger partial charge < -0.3 is 15.0 Å². The number of amides is 2. The first kappa shape index (κ1) is 20.5. The van der Waals surface area contributed by atoms with Gasteiger partial charge in [-0.05, 0) is 36.8 Å². The zero-order chi connectivity index (χ0) is 19.8. The Kier molecular flexibility index (Phi) is 7.37. The topological polar surface area (TPSA) is 75.7 Å². The molecule has 2 aromatic carbocycles. The van der Waals surface area contributed by atoms with Gasteiger partial charge >= 0.3 is 5.97 Å². The van der Waals surface area contributed by atoms with Crippen LogP contribution in [0.25, 0.3) is 0 Å². The van der Waals surface area contributed by atoms with Gasteiger partial charge in [0.2, 0.25) is 11.8 Å². The number of para-hydroxylation sites is 1. The molecular weight excluding hydrogens is 368 g/mol. The molecule has 0 unspecified atom stereocenters. The summed E-state index contributed by atoms with van der Waals surface area (Å²) in [6, 6.07) is 13.8. The number of rotatable bonds is 7. The van der Waals surface area contributed by atoms with Crippen LogP contribution in [-0.4, -0.2) is 31.9 Å². The van der Waals surface area contributed by atoms with Crippen LogP contribution in [0.1, 0.15) is 29.6 Å². The van der Waals surface area contributed by atoms with Crippen molar-refractivity contribution in [1.29, 1.82) is 0 Å². The fourth-order valence-electron chi connectivity index (χ4n) is 2.44. The standard InChI is InChI=1S/C20H21ClN2O4/c1-23(15-7-4-3-5-8-15)19(25)10-6-9-18(24)22-17-13-14(20(26)27-2)11-12-16(17)21/h3-5,7-8,11-13H,6,9-10H2,1-2H3,(H,22,24). The predicted molar refractivity (Wildman–Crippen MR) is 105 cm³/mol. The average Bonchev–Trinajstić information content (AvgIpc) is 2.69. The second-order valence-corrected chi connectivity index (χ2v) is 6.28. The number of nitrogens with zero attached hydrogens (tertiary/aromatic N) is 1. The first-order valence-corrected chi connectivity index (χ1v) is 8.79. The molecule has 0 aliphatic carbocycles. The molecular formula is C20H21ClN2O4. The van der Waals surface area contributed by atoms with Gasteiger partial charge in [-0.15, -0.1) is 0 Å². The van der Waals surface area contributed by atoms with E-state index in [1.54, 1.807) is 11.9 Å². The van der Waals surface area contributed by atoms with E-state index >= 15 is 0 Å². The van der Waals surface area contributed by atoms with Crippen LogP contribution >= 0.6 is 11.6 Å². The fourth-order valence-corrected chi connectivity index (χ4v) is 2.61. The molecule has 0 aliphatic rings. The molecule has 0 heterocycles. The Hall–Kier alpha value is -2.86. The third-order valence-corrected chi connectivity index (χ3v) is 4.30. The zero-order valence-electron chi connectivity index (χ0n) is 15.2. The molecule has 7 heteroatoms. The Morgan fingerprint density at radius 2 is 1.78 bits per heavy atom. The summed E-state index contributed by atoms with van der Waals surface area (Å²) in [5, 5.41) is 2.98. The van der Waals surface area contributed by atoms with Gasteiger partial charge in [0.05, 0.1) is 23.4 Å². The van der Waals surface area contributed by atoms with Gasteiger partial charge in [-0.2, -0.15) is 0 Å². The minimum atomic E-state index is -0.517. The van der Waals surface area contributed by atoms with Gasteiger partial charge in [0.25, 0.3) is 0 Å². The molecule has 0 fully saturated rings. The maximum Gasteiger partial charge on any atom is 0.337 e. The highest BCUT2D eigenvalue weighted by Gasteiger charge is 2.13. The molecule has 27 heavy (non-hydrogen) atoms. The van der Waals surface area contributed by atoms with E-state index in [-0.39, 0.29) is 30.2 Å². The molecule has 2 rings (SSSR count). The van der Waals surface area contributed by atoms with E-state index in [1.807, 2.05) is 30.3 Å². The highest BCUT2D eigenvalue weighted by Crippen LogP contribution is 2.24. The lowest BCUT2D eigenvalue weighted by Crippen LogP contribution is -2.26. The van der Waals surface area contributed by atoms with Gasteiger partial charge in [-0.25, -0.2) is 4.79 Å². The van der Waals surface area contributed by atoms with E-state index in [2.05, 4.69) is 10.1 Å². The quantitative estimate of drug-likeness (QED) is 0.730. The first-order valence-electron chi connectivity index (χ1n) is 8.41. The summed E-state index contributed by atoms with van der Waals surface area (Å²) >= 11 is 6.05. The summed E-state index contributed by atoms with van der Waals surface area (Å²) in [4.78, 5) is 37.5. The van der Waals surface area contributed by atoms with Crippen LogP contribution in [0.15, 0.2) is 48.5 Å². The SMILES string of the molecule is COC(=O)c1ccc(Cl)c(NC(=O)CCCC(=O)N(C)c2ccccc2)c1. The summed E-state index contributed by atoms with van der Waals surface area (Å²) in [5.74, 6) is -0.870. The molecule has 2 amide bonds. The van der Waals surface area contributed by atoms with Crippen molar-refractivity contribution >= 4 is 40.8 Å². The van der Waals surface area contributed by atoms with Crippen molar-refractivity contribution in [1.82, 2.24) is 0 Å². The molecule has 6 nitrogen and oxygen atoms in total. The molecule has 0 aromatic heterocycles. The molecule has 0 spiro atoms. The number of methoxy groups -OCH3 is 1. The number of carbonyl (C=O) groups excluding carboxylic acids is 3. The molecule has 142 valence electrons. The van der Waals surface area contributed by atoms with Crippen molar-refractivity contribution in [3.63, 3.8) is 0 Å². The third-order valence-electron chi connectivity index (χ3n) is 3.97. The Labute approximate surface area is 163 Å². The Bertz CT molecular complexity index is 824. The van der Waals surface area contributed by atoms with E-state index in [9.17, 15) is 14.4 Å². The molecule has 0 atom stereocenters. The van der Waals surface area contributed by atoms with Gasteiger partial charge in [-0.1, -0.05) is 29.8 Å². The number of nitrogens with one attached hydrogen (secondary N) is 1. The number of benzene rings is 2. The van der Waals surface area contributed by atoms with Gasteiger partial charge in [0, 0.05) is 25.6 Å². The third kappa shape index (κ3) is 5.82. The summed E-state index contributed by atoms with van der Waals surface area (Å²) in [7, 11) is 2.98. The fraction of sp³-hybridized carbons (Fsp3) is 0.250. The van der Waals surface area contributed by atoms with Crippen LogP contribution in [-0.2, 0) is 14.3 Å². The lowest BCUT2D eigenvalue weighted by Gasteiger charge is -2.17. The number of hydrogen-bond donors (Lipinski definition) is 1. The number of hydrogen-bond acceptors (Lipinski definition) is 4. The van der Waals surface area contributed by atoms with E-state index in [0.717, 1.165) is 5.69 Å². The summed E-state index contributed by atoms with van der Waals surface area (Å²) in [5.41, 5.74) is 1.42. The Morgan fingerprint density at radius 1 is 1.07 bits per heavy atom. The maximum absolute atomic E-state index is 12.2. The minimum Gasteiger partial charge on any atom is -0.465 e. The van der Waals surface area contributed by atoms with E-state index in [4.69, 9.17) is 11.6 Å². The second kappa shape index (κ2) is 9.73. The molecule has 0 bridgehead atoms. The van der Waals surface area contributed by atoms with E-state index in [1.165, 1.54) is 25.3 Å². The van der Waals surface area contributed by atoms with E-state index in [0.29, 0.717) is 17.1 Å². The van der Waals surface area contributed by atoms with Crippen LogP contribution in [0.3, 0.4) is 0 Å². The minimum absolute atomic E-state index is 0.0697. The van der Waals surface area contributed by atoms with Gasteiger partial charge in [0.1, 0.15) is 0 Å². The predicted octanol–water partition coefficient (Wildman–Crippen LogP) is 3.90. The van der Waals surface area contributed by atoms with Crippen LogP contribution in [0, 0.1) is 0 Å². The molecule has 0 radical (unpaired) electrons. The smallest absolute Gasteiger partial charge is 0.337 e. The summed E-state index contributed by atoms with van der Waals surface area (Å²) in [6.45, 7) is 0. The first-order chi connectivity index (χ1) is 12.9. The normalized spacial score (nSPS) is 10.2. The lowest BCUT2D eigenvalue weighted by atomic mass is 10.1. The van der Waals surface area contributed by atoms with Gasteiger partial charge in [0.15, 0.2) is 0 Å². The van der Waals surface area contributed by atoms with Crippen molar-refractivity contribution in [2.45, 2.75) is 19.3 Å². The zero-order valence-corrected chi connectivity index (χ0v) is 16.0. The number of carbonyl (C=O) groups is 3. The highest BCUT2D eigenvalue weighted by molar-refractivity contribution is 6.33. The monoisotopic (exact) mass is 388 g/mol. The molecule has 0 saturated carbocycles. The van der Waals surface area contributed by atoms with Crippen molar-refractivity contribution in [3.8, 4) is 0 Å². The Morgan fingerprint density at radius 3 is 2.44 bits per heavy atom. The highest BCUT2D eigenvalue weighted by atomic mass is 35.5. The van der Waals surface area contributed by atoms with Crippen LogP contribution in [0.4, 0.5) is 11.4 Å². The number of halogens is 1. The Balaban J connectivity index is 1.86. The lowest BCUT2D eigenvalue weighted by molar-refractivity contribution is -0.118.